The van der Waals surface area contributed by atoms with E-state index in [1.165, 1.54) is 26.4 Å². The largest absolute Gasteiger partial charge is 0.508 e. The fourth-order valence-corrected chi connectivity index (χ4v) is 5.22. The standard InChI is InChI=1S/C31H32O12/c1-39-22-11-16(6-7-20(22)34)19-13-26(35)41-24-12-18(33)10-17(27(19)24)5-3-15-4-8-21(23(9-15)40-2)42-31-30(38)29(37)28(36)25(14-32)43-31/h3-12,19,25,28-34,36-38H,13-14H2,1-2H3/b5-3+/t19?,25-,28-,29+,30-,31-/m1/s1. The number of aromatic hydroxyl groups is 2. The normalized spacial score (nSPS) is 25.2. The second-order valence-corrected chi connectivity index (χ2v) is 10.2. The van der Waals surface area contributed by atoms with Crippen molar-refractivity contribution in [1.82, 2.24) is 0 Å². The first-order valence-electron chi connectivity index (χ1n) is 13.4. The van der Waals surface area contributed by atoms with Gasteiger partial charge in [-0.25, -0.2) is 0 Å². The molecule has 6 N–H and O–H groups in total. The monoisotopic (exact) mass is 596 g/mol. The summed E-state index contributed by atoms with van der Waals surface area (Å²) in [5.41, 5.74) is 2.62. The maximum Gasteiger partial charge on any atom is 0.312 e. The first kappa shape index (κ1) is 30.1. The van der Waals surface area contributed by atoms with Crippen molar-refractivity contribution in [1.29, 1.82) is 0 Å². The number of aliphatic hydroxyl groups excluding tert-OH is 4. The smallest absolute Gasteiger partial charge is 0.312 e. The molecule has 0 saturated carbocycles. The van der Waals surface area contributed by atoms with E-state index < -0.39 is 49.2 Å². The van der Waals surface area contributed by atoms with E-state index in [-0.39, 0.29) is 40.9 Å². The molecule has 5 rings (SSSR count). The molecule has 12 heteroatoms. The summed E-state index contributed by atoms with van der Waals surface area (Å²) in [4.78, 5) is 12.5. The summed E-state index contributed by atoms with van der Waals surface area (Å²) in [7, 11) is 2.85. The number of hydrogen-bond acceptors (Lipinski definition) is 12. The summed E-state index contributed by atoms with van der Waals surface area (Å²) in [6, 6.07) is 12.7. The highest BCUT2D eigenvalue weighted by molar-refractivity contribution is 5.82. The molecule has 1 unspecified atom stereocenters. The average Bonchev–Trinajstić information content (AvgIpc) is 3.00. The number of hydrogen-bond donors (Lipinski definition) is 6. The number of esters is 1. The molecular weight excluding hydrogens is 564 g/mol. The quantitative estimate of drug-likeness (QED) is 0.126. The topological polar surface area (TPSA) is 185 Å². The molecule has 6 atom stereocenters. The van der Waals surface area contributed by atoms with E-state index in [2.05, 4.69) is 0 Å². The Balaban J connectivity index is 1.45. The third-order valence-electron chi connectivity index (χ3n) is 7.44. The molecule has 2 aliphatic rings. The lowest BCUT2D eigenvalue weighted by Gasteiger charge is -2.39. The van der Waals surface area contributed by atoms with Gasteiger partial charge < -0.3 is 54.3 Å². The molecule has 228 valence electrons. The van der Waals surface area contributed by atoms with Crippen LogP contribution in [-0.4, -0.2) is 88.1 Å². The van der Waals surface area contributed by atoms with Crippen LogP contribution in [0.1, 0.15) is 34.6 Å². The van der Waals surface area contributed by atoms with Crippen LogP contribution in [0.4, 0.5) is 0 Å². The lowest BCUT2D eigenvalue weighted by Crippen LogP contribution is -2.60. The highest BCUT2D eigenvalue weighted by atomic mass is 16.7. The van der Waals surface area contributed by atoms with Crippen molar-refractivity contribution in [2.75, 3.05) is 20.8 Å². The van der Waals surface area contributed by atoms with Crippen LogP contribution in [0.5, 0.6) is 34.5 Å². The zero-order chi connectivity index (χ0) is 30.8. The fourth-order valence-electron chi connectivity index (χ4n) is 5.22. The van der Waals surface area contributed by atoms with Crippen molar-refractivity contribution in [2.24, 2.45) is 0 Å². The molecular formula is C31H32O12. The molecule has 12 nitrogen and oxygen atoms in total. The van der Waals surface area contributed by atoms with E-state index in [0.29, 0.717) is 22.3 Å². The predicted molar refractivity (Wildman–Crippen MR) is 151 cm³/mol. The van der Waals surface area contributed by atoms with Crippen LogP contribution in [0.25, 0.3) is 12.2 Å². The van der Waals surface area contributed by atoms with E-state index in [1.54, 1.807) is 48.6 Å². The van der Waals surface area contributed by atoms with Gasteiger partial charge in [0.15, 0.2) is 23.0 Å². The van der Waals surface area contributed by atoms with E-state index in [1.807, 2.05) is 0 Å². The molecule has 43 heavy (non-hydrogen) atoms. The number of methoxy groups -OCH3 is 2. The summed E-state index contributed by atoms with van der Waals surface area (Å²) >= 11 is 0. The number of phenolic OH excluding ortho intramolecular Hbond substituents is 2. The first-order valence-corrected chi connectivity index (χ1v) is 13.4. The maximum atomic E-state index is 12.5. The highest BCUT2D eigenvalue weighted by Gasteiger charge is 2.45. The lowest BCUT2D eigenvalue weighted by atomic mass is 9.83. The summed E-state index contributed by atoms with van der Waals surface area (Å²) < 4.78 is 27.3. The number of carbonyl (C=O) groups is 1. The molecule has 0 radical (unpaired) electrons. The Bertz CT molecular complexity index is 1520. The van der Waals surface area contributed by atoms with Gasteiger partial charge in [-0.05, 0) is 47.0 Å². The van der Waals surface area contributed by atoms with Gasteiger partial charge >= 0.3 is 5.97 Å². The molecule has 3 aromatic carbocycles. The Morgan fingerprint density at radius 1 is 0.884 bits per heavy atom. The van der Waals surface area contributed by atoms with Crippen molar-refractivity contribution in [3.05, 3.63) is 70.8 Å². The zero-order valence-corrected chi connectivity index (χ0v) is 23.3. The summed E-state index contributed by atoms with van der Waals surface area (Å²) in [5, 5.41) is 60.3. The van der Waals surface area contributed by atoms with Gasteiger partial charge in [-0.2, -0.15) is 0 Å². The number of ether oxygens (including phenoxy) is 5. The molecule has 0 amide bonds. The number of aliphatic hydroxyl groups is 4. The van der Waals surface area contributed by atoms with Crippen LogP contribution in [0.15, 0.2) is 48.5 Å². The Kier molecular flexibility index (Phi) is 8.76. The molecule has 1 fully saturated rings. The van der Waals surface area contributed by atoms with E-state index >= 15 is 0 Å². The summed E-state index contributed by atoms with van der Waals surface area (Å²) in [6.07, 6.45) is -3.69. The van der Waals surface area contributed by atoms with Crippen LogP contribution in [0, 0.1) is 0 Å². The van der Waals surface area contributed by atoms with Gasteiger partial charge in [0.2, 0.25) is 6.29 Å². The van der Waals surface area contributed by atoms with Crippen molar-refractivity contribution in [2.45, 2.75) is 43.0 Å². The molecule has 2 heterocycles. The number of rotatable bonds is 8. The molecule has 0 bridgehead atoms. The SMILES string of the molecule is COc1cc(C2CC(=O)Oc3cc(O)cc(/C=C/c4ccc(O[C@@H]5O[C@H](CO)[C@@H](O)[C@H](O)[C@H]5O)c(OC)c4)c32)ccc1O. The number of carbonyl (C=O) groups excluding carboxylic acids is 1. The van der Waals surface area contributed by atoms with Crippen LogP contribution in [0.3, 0.4) is 0 Å². The zero-order valence-electron chi connectivity index (χ0n) is 23.3. The fraction of sp³-hybridized carbons (Fsp3) is 0.323. The van der Waals surface area contributed by atoms with E-state index in [0.717, 1.165) is 0 Å². The molecule has 0 aliphatic carbocycles. The second-order valence-electron chi connectivity index (χ2n) is 10.2. The third kappa shape index (κ3) is 6.10. The lowest BCUT2D eigenvalue weighted by molar-refractivity contribution is -0.277. The van der Waals surface area contributed by atoms with Crippen LogP contribution >= 0.6 is 0 Å². The van der Waals surface area contributed by atoms with Crippen molar-refractivity contribution >= 4 is 18.1 Å². The average molecular weight is 597 g/mol. The molecule has 0 spiro atoms. The van der Waals surface area contributed by atoms with Gasteiger partial charge in [-0.1, -0.05) is 24.3 Å². The minimum Gasteiger partial charge on any atom is -0.508 e. The molecule has 0 aromatic heterocycles. The van der Waals surface area contributed by atoms with Gasteiger partial charge in [0.25, 0.3) is 0 Å². The number of phenols is 2. The first-order chi connectivity index (χ1) is 20.6. The molecule has 1 saturated heterocycles. The number of benzene rings is 3. The van der Waals surface area contributed by atoms with Crippen molar-refractivity contribution in [3.8, 4) is 34.5 Å². The van der Waals surface area contributed by atoms with Gasteiger partial charge in [0, 0.05) is 17.5 Å². The van der Waals surface area contributed by atoms with Gasteiger partial charge in [0.05, 0.1) is 27.2 Å². The van der Waals surface area contributed by atoms with Crippen LogP contribution in [0.2, 0.25) is 0 Å². The van der Waals surface area contributed by atoms with E-state index in [9.17, 15) is 35.4 Å². The second kappa shape index (κ2) is 12.5. The minimum atomic E-state index is -1.59. The van der Waals surface area contributed by atoms with Crippen LogP contribution < -0.4 is 18.9 Å². The van der Waals surface area contributed by atoms with Crippen LogP contribution in [-0.2, 0) is 9.53 Å². The summed E-state index contributed by atoms with van der Waals surface area (Å²) in [6.45, 7) is -0.592. The molecule has 3 aromatic rings. The minimum absolute atomic E-state index is 0.0321. The number of fused-ring (bicyclic) bond motifs is 1. The summed E-state index contributed by atoms with van der Waals surface area (Å²) in [5.74, 6) is -0.146. The Morgan fingerprint density at radius 3 is 2.37 bits per heavy atom. The molecule has 2 aliphatic heterocycles. The van der Waals surface area contributed by atoms with Gasteiger partial charge in [-0.3, -0.25) is 4.79 Å². The Hall–Kier alpha value is -4.33. The highest BCUT2D eigenvalue weighted by Crippen LogP contribution is 2.45. The Morgan fingerprint density at radius 2 is 1.65 bits per heavy atom. The predicted octanol–water partition coefficient (Wildman–Crippen LogP) is 1.91. The Labute approximate surface area is 246 Å². The third-order valence-corrected chi connectivity index (χ3v) is 7.44. The van der Waals surface area contributed by atoms with Crippen molar-refractivity contribution < 1.29 is 59.1 Å². The van der Waals surface area contributed by atoms with Gasteiger partial charge in [0.1, 0.15) is 35.9 Å². The maximum absolute atomic E-state index is 12.5. The van der Waals surface area contributed by atoms with Gasteiger partial charge in [-0.15, -0.1) is 0 Å². The van der Waals surface area contributed by atoms with E-state index in [4.69, 9.17) is 23.7 Å². The van der Waals surface area contributed by atoms with Crippen molar-refractivity contribution in [3.63, 3.8) is 0 Å².